The predicted octanol–water partition coefficient (Wildman–Crippen LogP) is 3.51. The maximum atomic E-state index is 13.2. The standard InChI is InChI=1S/C31H33N3O6/c1-33-19-29(36)32-26-18-34(31(38)25-10-2-3-11-27(25)35)15-14-28(26)39-20-22-7-5-9-24(17-22)40-23-8-4-6-21(16-23)12-13-30(33)37/h2-11,16-17,26,28,35H,12-15,18-20H2,1H3,(H,32,36)/t26-,28+/m0/s1. The quantitative estimate of drug-likeness (QED) is 0.487. The summed E-state index contributed by atoms with van der Waals surface area (Å²) in [5.74, 6) is 0.466. The maximum Gasteiger partial charge on any atom is 0.257 e. The predicted molar refractivity (Wildman–Crippen MR) is 148 cm³/mol. The van der Waals surface area contributed by atoms with Gasteiger partial charge in [0, 0.05) is 26.6 Å². The van der Waals surface area contributed by atoms with Gasteiger partial charge in [0.15, 0.2) is 0 Å². The third-order valence-electron chi connectivity index (χ3n) is 7.25. The lowest BCUT2D eigenvalue weighted by Gasteiger charge is -2.39. The normalized spacial score (nSPS) is 20.4. The number of hydrogen-bond donors (Lipinski definition) is 2. The molecule has 4 bridgehead atoms. The second-order valence-electron chi connectivity index (χ2n) is 10.2. The van der Waals surface area contributed by atoms with Gasteiger partial charge in [-0.2, -0.15) is 0 Å². The molecular weight excluding hydrogens is 510 g/mol. The van der Waals surface area contributed by atoms with E-state index < -0.39 is 6.04 Å². The summed E-state index contributed by atoms with van der Waals surface area (Å²) >= 11 is 0. The monoisotopic (exact) mass is 543 g/mol. The number of benzene rings is 3. The van der Waals surface area contributed by atoms with E-state index in [0.29, 0.717) is 37.5 Å². The third-order valence-corrected chi connectivity index (χ3v) is 7.25. The molecule has 0 unspecified atom stereocenters. The number of carbonyl (C=O) groups excluding carboxylic acids is 3. The van der Waals surface area contributed by atoms with Crippen molar-refractivity contribution in [2.45, 2.75) is 38.0 Å². The van der Waals surface area contributed by atoms with Gasteiger partial charge in [-0.15, -0.1) is 0 Å². The van der Waals surface area contributed by atoms with Crippen molar-refractivity contribution in [3.05, 3.63) is 89.5 Å². The Morgan fingerprint density at radius 2 is 1.68 bits per heavy atom. The van der Waals surface area contributed by atoms with Crippen molar-refractivity contribution in [1.29, 1.82) is 0 Å². The van der Waals surface area contributed by atoms with Gasteiger partial charge in [0.1, 0.15) is 17.2 Å². The summed E-state index contributed by atoms with van der Waals surface area (Å²) in [6.07, 6.45) is 0.894. The number of aromatic hydroxyl groups is 1. The summed E-state index contributed by atoms with van der Waals surface area (Å²) in [5, 5.41) is 13.2. The van der Waals surface area contributed by atoms with Crippen LogP contribution in [0.1, 0.15) is 34.3 Å². The highest BCUT2D eigenvalue weighted by molar-refractivity contribution is 5.97. The molecule has 3 aromatic rings. The lowest BCUT2D eigenvalue weighted by molar-refractivity contribution is -0.135. The molecule has 0 spiro atoms. The Morgan fingerprint density at radius 3 is 2.45 bits per heavy atom. The second-order valence-corrected chi connectivity index (χ2v) is 10.2. The molecule has 0 aliphatic carbocycles. The van der Waals surface area contributed by atoms with Gasteiger partial charge in [-0.05, 0) is 60.4 Å². The molecule has 3 amide bonds. The minimum Gasteiger partial charge on any atom is -0.507 e. The molecule has 2 heterocycles. The van der Waals surface area contributed by atoms with Crippen molar-refractivity contribution >= 4 is 17.7 Å². The number of likely N-dealkylation sites (tertiary alicyclic amines) is 1. The molecule has 1 fully saturated rings. The average Bonchev–Trinajstić information content (AvgIpc) is 2.95. The minimum absolute atomic E-state index is 0.0898. The first-order valence-corrected chi connectivity index (χ1v) is 13.4. The summed E-state index contributed by atoms with van der Waals surface area (Å²) in [4.78, 5) is 42.1. The summed E-state index contributed by atoms with van der Waals surface area (Å²) in [5.41, 5.74) is 2.09. The fraction of sp³-hybridized carbons (Fsp3) is 0.323. The number of phenols is 1. The van der Waals surface area contributed by atoms with Gasteiger partial charge in [-0.25, -0.2) is 0 Å². The van der Waals surface area contributed by atoms with Crippen molar-refractivity contribution in [3.8, 4) is 17.2 Å². The Bertz CT molecular complexity index is 1390. The molecule has 2 aliphatic rings. The highest BCUT2D eigenvalue weighted by Gasteiger charge is 2.34. The summed E-state index contributed by atoms with van der Waals surface area (Å²) in [6.45, 7) is 0.794. The molecule has 9 nitrogen and oxygen atoms in total. The highest BCUT2D eigenvalue weighted by Crippen LogP contribution is 2.26. The van der Waals surface area contributed by atoms with Crippen LogP contribution in [0.2, 0.25) is 0 Å². The van der Waals surface area contributed by atoms with E-state index in [1.807, 2.05) is 48.5 Å². The molecule has 0 saturated carbocycles. The first kappa shape index (κ1) is 27.2. The number of rotatable bonds is 1. The van der Waals surface area contributed by atoms with Gasteiger partial charge < -0.3 is 29.7 Å². The molecule has 40 heavy (non-hydrogen) atoms. The van der Waals surface area contributed by atoms with Gasteiger partial charge in [0.05, 0.1) is 30.9 Å². The van der Waals surface area contributed by atoms with Crippen LogP contribution in [0.3, 0.4) is 0 Å². The van der Waals surface area contributed by atoms with Crippen LogP contribution in [0.4, 0.5) is 0 Å². The van der Waals surface area contributed by atoms with Crippen LogP contribution in [0.15, 0.2) is 72.8 Å². The van der Waals surface area contributed by atoms with Gasteiger partial charge in [-0.1, -0.05) is 36.4 Å². The summed E-state index contributed by atoms with van der Waals surface area (Å²) in [7, 11) is 1.61. The van der Waals surface area contributed by atoms with E-state index in [2.05, 4.69) is 5.32 Å². The SMILES string of the molecule is CN1CC(=O)N[C@H]2CN(C(=O)c3ccccc3O)CC[C@H]2OCc2cccc(c2)Oc2cccc(c2)CCC1=O. The van der Waals surface area contributed by atoms with Crippen LogP contribution in [0, 0.1) is 0 Å². The van der Waals surface area contributed by atoms with E-state index >= 15 is 0 Å². The van der Waals surface area contributed by atoms with E-state index in [1.54, 1.807) is 30.1 Å². The van der Waals surface area contributed by atoms with Crippen LogP contribution in [-0.2, 0) is 27.4 Å². The Morgan fingerprint density at radius 1 is 0.950 bits per heavy atom. The van der Waals surface area contributed by atoms with E-state index in [0.717, 1.165) is 11.1 Å². The van der Waals surface area contributed by atoms with Crippen molar-refractivity contribution in [2.24, 2.45) is 0 Å². The Balaban J connectivity index is 1.38. The summed E-state index contributed by atoms with van der Waals surface area (Å²) < 4.78 is 12.4. The molecule has 208 valence electrons. The zero-order chi connectivity index (χ0) is 28.1. The second kappa shape index (κ2) is 12.2. The first-order valence-electron chi connectivity index (χ1n) is 13.4. The number of nitrogens with one attached hydrogen (secondary N) is 1. The first-order chi connectivity index (χ1) is 19.4. The van der Waals surface area contributed by atoms with Crippen LogP contribution in [0.25, 0.3) is 0 Å². The van der Waals surface area contributed by atoms with Crippen LogP contribution < -0.4 is 10.1 Å². The number of ether oxygens (including phenoxy) is 2. The Hall–Kier alpha value is -4.37. The minimum atomic E-state index is -0.502. The van der Waals surface area contributed by atoms with Crippen LogP contribution >= 0.6 is 0 Å². The van der Waals surface area contributed by atoms with E-state index in [1.165, 1.54) is 11.0 Å². The number of hydrogen-bond acceptors (Lipinski definition) is 6. The number of piperidine rings is 1. The van der Waals surface area contributed by atoms with Crippen molar-refractivity contribution in [3.63, 3.8) is 0 Å². The number of carbonyl (C=O) groups is 3. The van der Waals surface area contributed by atoms with Crippen LogP contribution in [0.5, 0.6) is 17.2 Å². The van der Waals surface area contributed by atoms with Gasteiger partial charge in [0.2, 0.25) is 11.8 Å². The van der Waals surface area contributed by atoms with E-state index in [-0.39, 0.29) is 54.6 Å². The fourth-order valence-electron chi connectivity index (χ4n) is 5.08. The largest absolute Gasteiger partial charge is 0.507 e. The number of aryl methyl sites for hydroxylation is 1. The van der Waals surface area contributed by atoms with Gasteiger partial charge in [0.25, 0.3) is 5.91 Å². The zero-order valence-electron chi connectivity index (χ0n) is 22.4. The topological polar surface area (TPSA) is 108 Å². The number of para-hydroxylation sites is 1. The number of likely N-dealkylation sites (N-methyl/N-ethyl adjacent to an activating group) is 1. The zero-order valence-corrected chi connectivity index (χ0v) is 22.4. The molecular formula is C31H33N3O6. The fourth-order valence-corrected chi connectivity index (χ4v) is 5.08. The highest BCUT2D eigenvalue weighted by atomic mass is 16.5. The molecule has 1 saturated heterocycles. The van der Waals surface area contributed by atoms with E-state index in [4.69, 9.17) is 9.47 Å². The lowest BCUT2D eigenvalue weighted by atomic mass is 10.00. The molecule has 3 aromatic carbocycles. The molecule has 2 N–H and O–H groups in total. The van der Waals surface area contributed by atoms with Gasteiger partial charge >= 0.3 is 0 Å². The third kappa shape index (κ3) is 6.60. The lowest BCUT2D eigenvalue weighted by Crippen LogP contribution is -2.58. The van der Waals surface area contributed by atoms with Gasteiger partial charge in [-0.3, -0.25) is 14.4 Å². The van der Waals surface area contributed by atoms with Crippen molar-refractivity contribution in [2.75, 3.05) is 26.7 Å². The number of nitrogens with zero attached hydrogens (tertiary/aromatic N) is 2. The number of amides is 3. The molecule has 9 heteroatoms. The smallest absolute Gasteiger partial charge is 0.257 e. The van der Waals surface area contributed by atoms with Crippen molar-refractivity contribution in [1.82, 2.24) is 15.1 Å². The maximum absolute atomic E-state index is 13.2. The molecule has 2 aliphatic heterocycles. The van der Waals surface area contributed by atoms with E-state index in [9.17, 15) is 19.5 Å². The average molecular weight is 544 g/mol. The number of phenolic OH excluding ortho intramolecular Hbond substituents is 1. The molecule has 5 rings (SSSR count). The Labute approximate surface area is 233 Å². The summed E-state index contributed by atoms with van der Waals surface area (Å²) in [6, 6.07) is 21.2. The molecule has 2 atom stereocenters. The Kier molecular flexibility index (Phi) is 8.31. The number of fused-ring (bicyclic) bond motifs is 5. The van der Waals surface area contributed by atoms with Crippen molar-refractivity contribution < 1.29 is 29.0 Å². The molecule has 0 aromatic heterocycles. The van der Waals surface area contributed by atoms with Crippen LogP contribution in [-0.4, -0.2) is 71.5 Å². The molecule has 0 radical (unpaired) electrons.